The van der Waals surface area contributed by atoms with Gasteiger partial charge in [-0.05, 0) is 68.1 Å². The van der Waals surface area contributed by atoms with Gasteiger partial charge in [0.1, 0.15) is 0 Å². The predicted molar refractivity (Wildman–Crippen MR) is 482 cm³/mol. The summed E-state index contributed by atoms with van der Waals surface area (Å²) >= 11 is 0. The van der Waals surface area contributed by atoms with Crippen molar-refractivity contribution in [2.24, 2.45) is 23.2 Å². The van der Waals surface area contributed by atoms with E-state index in [1.54, 1.807) is 51.4 Å². The zero-order valence-corrected chi connectivity index (χ0v) is 75.0. The summed E-state index contributed by atoms with van der Waals surface area (Å²) in [7, 11) is 0. The molecule has 0 rings (SSSR count). The van der Waals surface area contributed by atoms with Gasteiger partial charge in [-0.1, -0.05) is 601 Å². The molecule has 626 valence electrons. The summed E-state index contributed by atoms with van der Waals surface area (Å²) in [5.74, 6) is 2.82. The summed E-state index contributed by atoms with van der Waals surface area (Å²) < 4.78 is 0. The van der Waals surface area contributed by atoms with Crippen LogP contribution in [0, 0.1) is 23.2 Å². The van der Waals surface area contributed by atoms with Crippen molar-refractivity contribution in [3.05, 3.63) is 0 Å². The van der Waals surface area contributed by atoms with Gasteiger partial charge in [-0.15, -0.1) is 0 Å². The standard InChI is InChI=1S/C104H210/c1-8-15-22-29-36-43-50-56-62-69-76-83-90-97-102(96-89-82-75-68-61-55-48-41-34-27-20-13-6)104(100-93-86-79-72-65-49-42-35-28-21-14-7,101(94-87-80-73-66-59-53-46-39-32-25-18-11-4)95-88-81-74-67-60-54-47-40-33-26-19-12-5)103(98-91-84-77-70-63-57-51-44-37-30-23-16-9-2)99-92-85-78-71-64-58-52-45-38-31-24-17-10-3/h101-103H,8-100H2,1-7H3. The van der Waals surface area contributed by atoms with Crippen LogP contribution in [0.2, 0.25) is 0 Å². The fourth-order valence-corrected chi connectivity index (χ4v) is 19.7. The lowest BCUT2D eigenvalue weighted by molar-refractivity contribution is -0.0421. The predicted octanol–water partition coefficient (Wildman–Crippen LogP) is 40.2. The maximum absolute atomic E-state index is 2.39. The number of hydrogen-bond donors (Lipinski definition) is 0. The van der Waals surface area contributed by atoms with Crippen LogP contribution in [0.15, 0.2) is 0 Å². The molecule has 0 heteroatoms. The highest BCUT2D eigenvalue weighted by Crippen LogP contribution is 2.57. The minimum absolute atomic E-state index is 0.526. The lowest BCUT2D eigenvalue weighted by Crippen LogP contribution is -2.45. The average Bonchev–Trinajstić information content (AvgIpc) is 0.770. The Bertz CT molecular complexity index is 1400. The van der Waals surface area contributed by atoms with Crippen LogP contribution in [0.5, 0.6) is 0 Å². The van der Waals surface area contributed by atoms with Crippen LogP contribution in [0.1, 0.15) is 646 Å². The molecule has 0 amide bonds. The Hall–Kier alpha value is 0. The third-order valence-electron chi connectivity index (χ3n) is 26.7. The summed E-state index contributed by atoms with van der Waals surface area (Å²) in [6.07, 6.45) is 139. The van der Waals surface area contributed by atoms with Gasteiger partial charge in [0.25, 0.3) is 0 Å². The van der Waals surface area contributed by atoms with E-state index < -0.39 is 0 Å². The summed E-state index contributed by atoms with van der Waals surface area (Å²) in [4.78, 5) is 0. The van der Waals surface area contributed by atoms with E-state index in [1.165, 1.54) is 546 Å². The molecule has 2 atom stereocenters. The summed E-state index contributed by atoms with van der Waals surface area (Å²) in [5, 5.41) is 0. The second-order valence-corrected chi connectivity index (χ2v) is 36.6. The molecular weight excluding hydrogens is 1250 g/mol. The molecule has 0 saturated carbocycles. The van der Waals surface area contributed by atoms with Crippen LogP contribution in [0.3, 0.4) is 0 Å². The van der Waals surface area contributed by atoms with Crippen LogP contribution in [0.4, 0.5) is 0 Å². The average molecular weight is 1460 g/mol. The molecule has 0 fully saturated rings. The molecule has 0 N–H and O–H groups in total. The van der Waals surface area contributed by atoms with Gasteiger partial charge in [-0.2, -0.15) is 0 Å². The van der Waals surface area contributed by atoms with E-state index in [4.69, 9.17) is 0 Å². The van der Waals surface area contributed by atoms with Crippen molar-refractivity contribution in [3.63, 3.8) is 0 Å². The Labute approximate surface area is 664 Å². The van der Waals surface area contributed by atoms with Crippen molar-refractivity contribution < 1.29 is 0 Å². The second kappa shape index (κ2) is 91.9. The molecule has 0 aliphatic carbocycles. The summed E-state index contributed by atoms with van der Waals surface area (Å²) in [6.45, 7) is 16.6. The van der Waals surface area contributed by atoms with E-state index in [-0.39, 0.29) is 0 Å². The minimum Gasteiger partial charge on any atom is -0.0654 e. The highest BCUT2D eigenvalue weighted by Gasteiger charge is 2.48. The molecular formula is C104H210. The van der Waals surface area contributed by atoms with Crippen molar-refractivity contribution >= 4 is 0 Å². The highest BCUT2D eigenvalue weighted by molar-refractivity contribution is 4.98. The zero-order valence-electron chi connectivity index (χ0n) is 75.0. The van der Waals surface area contributed by atoms with Crippen LogP contribution in [0.25, 0.3) is 0 Å². The van der Waals surface area contributed by atoms with Gasteiger partial charge >= 0.3 is 0 Å². The number of rotatable bonds is 96. The van der Waals surface area contributed by atoms with E-state index in [2.05, 4.69) is 48.5 Å². The Morgan fingerprint density at radius 2 is 0.192 bits per heavy atom. The monoisotopic (exact) mass is 1460 g/mol. The van der Waals surface area contributed by atoms with E-state index in [0.717, 1.165) is 17.8 Å². The van der Waals surface area contributed by atoms with Gasteiger partial charge in [0, 0.05) is 0 Å². The molecule has 104 heavy (non-hydrogen) atoms. The fraction of sp³-hybridized carbons (Fsp3) is 1.00. The van der Waals surface area contributed by atoms with Gasteiger partial charge in [0.2, 0.25) is 0 Å². The normalized spacial score (nSPS) is 12.9. The highest BCUT2D eigenvalue weighted by atomic mass is 14.5. The number of unbranched alkanes of at least 4 members (excludes halogenated alkanes) is 79. The Morgan fingerprint density at radius 3 is 0.298 bits per heavy atom. The lowest BCUT2D eigenvalue weighted by atomic mass is 9.51. The second-order valence-electron chi connectivity index (χ2n) is 36.6. The SMILES string of the molecule is CCCCCCCCCCCCCCCC(CCCCCCCCCCCCCC)C(CCCCCCCCCCCCC)(C(CCCCCCCCCCCCCC)CCCCCCCCCCCCCC)C(CCCCCCCCCCCCCCC)CCCCCCCCCCCCCCC. The lowest BCUT2D eigenvalue weighted by Gasteiger charge is -2.53. The first-order chi connectivity index (χ1) is 51.6. The molecule has 0 heterocycles. The van der Waals surface area contributed by atoms with Crippen LogP contribution in [-0.2, 0) is 0 Å². The van der Waals surface area contributed by atoms with Crippen molar-refractivity contribution in [1.82, 2.24) is 0 Å². The third-order valence-corrected chi connectivity index (χ3v) is 26.7. The molecule has 0 nitrogen and oxygen atoms in total. The third kappa shape index (κ3) is 73.5. The van der Waals surface area contributed by atoms with Crippen molar-refractivity contribution in [2.75, 3.05) is 0 Å². The first kappa shape index (κ1) is 104. The molecule has 0 aliphatic rings. The van der Waals surface area contributed by atoms with Gasteiger partial charge in [0.05, 0.1) is 0 Å². The van der Waals surface area contributed by atoms with Crippen LogP contribution >= 0.6 is 0 Å². The molecule has 0 aliphatic heterocycles. The van der Waals surface area contributed by atoms with Crippen molar-refractivity contribution in [1.29, 1.82) is 0 Å². The van der Waals surface area contributed by atoms with E-state index in [9.17, 15) is 0 Å². The van der Waals surface area contributed by atoms with Crippen LogP contribution < -0.4 is 0 Å². The Morgan fingerprint density at radius 1 is 0.106 bits per heavy atom. The van der Waals surface area contributed by atoms with Gasteiger partial charge in [-0.3, -0.25) is 0 Å². The van der Waals surface area contributed by atoms with E-state index >= 15 is 0 Å². The largest absolute Gasteiger partial charge is 0.0654 e. The first-order valence-corrected chi connectivity index (χ1v) is 51.6. The minimum atomic E-state index is 0.526. The molecule has 2 unspecified atom stereocenters. The smallest absolute Gasteiger partial charge is 0.0213 e. The molecule has 0 saturated heterocycles. The van der Waals surface area contributed by atoms with Gasteiger partial charge in [0.15, 0.2) is 0 Å². The molecule has 0 aromatic carbocycles. The van der Waals surface area contributed by atoms with Gasteiger partial charge in [-0.25, -0.2) is 0 Å². The molecule has 0 radical (unpaired) electrons. The van der Waals surface area contributed by atoms with Gasteiger partial charge < -0.3 is 0 Å². The topological polar surface area (TPSA) is 0 Å². The summed E-state index contributed by atoms with van der Waals surface area (Å²) in [5.41, 5.74) is 0.526. The van der Waals surface area contributed by atoms with Crippen molar-refractivity contribution in [3.8, 4) is 0 Å². The molecule has 0 spiro atoms. The fourth-order valence-electron chi connectivity index (χ4n) is 19.7. The number of hydrogen-bond acceptors (Lipinski definition) is 0. The van der Waals surface area contributed by atoms with Crippen molar-refractivity contribution in [2.45, 2.75) is 646 Å². The van der Waals surface area contributed by atoms with E-state index in [1.807, 2.05) is 0 Å². The molecule has 0 aromatic rings. The molecule has 0 bridgehead atoms. The van der Waals surface area contributed by atoms with E-state index in [0.29, 0.717) is 5.41 Å². The maximum atomic E-state index is 2.39. The zero-order chi connectivity index (χ0) is 75.0. The maximum Gasteiger partial charge on any atom is -0.0213 e. The Kier molecular flexibility index (Phi) is 91.9. The summed E-state index contributed by atoms with van der Waals surface area (Å²) in [6, 6.07) is 0. The Balaban J connectivity index is 7.70. The quantitative estimate of drug-likeness (QED) is 0.0533. The molecule has 0 aromatic heterocycles. The van der Waals surface area contributed by atoms with Crippen LogP contribution in [-0.4, -0.2) is 0 Å². The first-order valence-electron chi connectivity index (χ1n) is 51.6.